The molecule has 0 saturated carbocycles. The van der Waals surface area contributed by atoms with Crippen LogP contribution >= 0.6 is 22.6 Å². The highest BCUT2D eigenvalue weighted by atomic mass is 127. The summed E-state index contributed by atoms with van der Waals surface area (Å²) < 4.78 is 18.5. The molecule has 0 saturated heterocycles. The lowest BCUT2D eigenvalue weighted by atomic mass is 10.0. The largest absolute Gasteiger partial charge is 0.372 e. The van der Waals surface area contributed by atoms with E-state index in [-0.39, 0.29) is 17.9 Å². The van der Waals surface area contributed by atoms with Crippen LogP contribution in [0, 0.1) is 0 Å². The average molecular weight is 240 g/mol. The van der Waals surface area contributed by atoms with Gasteiger partial charge in [0.2, 0.25) is 0 Å². The van der Waals surface area contributed by atoms with Crippen LogP contribution in [0.4, 0.5) is 4.39 Å². The van der Waals surface area contributed by atoms with E-state index in [1.54, 1.807) is 7.85 Å². The fourth-order valence-corrected chi connectivity index (χ4v) is 1.22. The van der Waals surface area contributed by atoms with Crippen LogP contribution in [0.3, 0.4) is 0 Å². The summed E-state index contributed by atoms with van der Waals surface area (Å²) in [6, 6.07) is -0.315. The van der Waals surface area contributed by atoms with Gasteiger partial charge in [-0.15, -0.1) is 0 Å². The monoisotopic (exact) mass is 240 g/mol. The molecular formula is C5H7BFIO. The molecule has 0 radical (unpaired) electrons. The first kappa shape index (κ1) is 7.53. The summed E-state index contributed by atoms with van der Waals surface area (Å²) in [5.41, 5.74) is 0. The number of ether oxygens (including phenoxy) is 1. The van der Waals surface area contributed by atoms with Gasteiger partial charge >= 0.3 is 0 Å². The first-order chi connectivity index (χ1) is 4.24. The average Bonchev–Trinajstić information content (AvgIpc) is 2.13. The second-order valence-corrected chi connectivity index (χ2v) is 2.90. The fraction of sp³-hybridized carbons (Fsp3) is 0.600. The second-order valence-electron chi connectivity index (χ2n) is 2.02. The predicted molar refractivity (Wildman–Crippen MR) is 45.3 cm³/mol. The van der Waals surface area contributed by atoms with Crippen molar-refractivity contribution in [3.05, 3.63) is 11.9 Å². The standard InChI is InChI=1S/C5H7BFIO/c6-5-4(7)1-3(2-8)9-5/h1,3,5H,2,6H2. The highest BCUT2D eigenvalue weighted by Crippen LogP contribution is 2.19. The fourth-order valence-electron chi connectivity index (χ4n) is 0.760. The van der Waals surface area contributed by atoms with Crippen LogP contribution in [-0.2, 0) is 4.74 Å². The molecule has 0 N–H and O–H groups in total. The molecule has 9 heavy (non-hydrogen) atoms. The highest BCUT2D eigenvalue weighted by Gasteiger charge is 2.21. The normalized spacial score (nSPS) is 34.7. The molecule has 0 fully saturated rings. The first-order valence-electron chi connectivity index (χ1n) is 2.82. The Morgan fingerprint density at radius 2 is 2.56 bits per heavy atom. The molecule has 50 valence electrons. The molecule has 0 aromatic heterocycles. The number of alkyl halides is 1. The Hall–Kier alpha value is 0.425. The topological polar surface area (TPSA) is 9.23 Å². The van der Waals surface area contributed by atoms with Gasteiger partial charge in [0.25, 0.3) is 0 Å². The zero-order valence-electron chi connectivity index (χ0n) is 5.10. The third-order valence-electron chi connectivity index (χ3n) is 1.26. The Morgan fingerprint density at radius 3 is 2.78 bits per heavy atom. The summed E-state index contributed by atoms with van der Waals surface area (Å²) in [7, 11) is 1.72. The van der Waals surface area contributed by atoms with Crippen LogP contribution in [0.2, 0.25) is 0 Å². The van der Waals surface area contributed by atoms with Gasteiger partial charge in [0.1, 0.15) is 13.7 Å². The van der Waals surface area contributed by atoms with E-state index >= 15 is 0 Å². The van der Waals surface area contributed by atoms with Crippen LogP contribution in [0.15, 0.2) is 11.9 Å². The Balaban J connectivity index is 2.52. The van der Waals surface area contributed by atoms with Crippen LogP contribution in [-0.4, -0.2) is 24.4 Å². The van der Waals surface area contributed by atoms with Crippen LogP contribution < -0.4 is 0 Å². The molecule has 1 aliphatic heterocycles. The molecule has 0 spiro atoms. The van der Waals surface area contributed by atoms with Crippen molar-refractivity contribution in [1.29, 1.82) is 0 Å². The van der Waals surface area contributed by atoms with E-state index in [9.17, 15) is 4.39 Å². The van der Waals surface area contributed by atoms with E-state index in [0.717, 1.165) is 4.43 Å². The van der Waals surface area contributed by atoms with E-state index in [1.807, 2.05) is 0 Å². The maximum atomic E-state index is 12.5. The summed E-state index contributed by atoms with van der Waals surface area (Å²) in [4.78, 5) is 0. The molecular weight excluding hydrogens is 233 g/mol. The molecule has 2 unspecified atom stereocenters. The SMILES string of the molecule is BC1OC(CI)C=C1F. The van der Waals surface area contributed by atoms with E-state index < -0.39 is 0 Å². The Kier molecular flexibility index (Phi) is 2.52. The van der Waals surface area contributed by atoms with Gasteiger partial charge in [0.05, 0.1) is 12.1 Å². The molecule has 4 heteroatoms. The minimum atomic E-state index is -0.315. The van der Waals surface area contributed by atoms with E-state index in [1.165, 1.54) is 6.08 Å². The van der Waals surface area contributed by atoms with Gasteiger partial charge in [0, 0.05) is 4.43 Å². The summed E-state index contributed by atoms with van der Waals surface area (Å²) in [5, 5.41) is 0. The molecule has 0 aromatic carbocycles. The van der Waals surface area contributed by atoms with E-state index in [4.69, 9.17) is 4.74 Å². The van der Waals surface area contributed by atoms with Gasteiger partial charge in [-0.1, -0.05) is 22.6 Å². The van der Waals surface area contributed by atoms with Crippen molar-refractivity contribution < 1.29 is 9.13 Å². The number of rotatable bonds is 1. The van der Waals surface area contributed by atoms with E-state index in [0.29, 0.717) is 0 Å². The summed E-state index contributed by atoms with van der Waals surface area (Å²) >= 11 is 2.17. The van der Waals surface area contributed by atoms with Crippen molar-refractivity contribution in [2.24, 2.45) is 0 Å². The Morgan fingerprint density at radius 1 is 1.89 bits per heavy atom. The number of hydrogen-bond acceptors (Lipinski definition) is 1. The third-order valence-corrected chi connectivity index (χ3v) is 2.13. The van der Waals surface area contributed by atoms with Gasteiger partial charge in [0.15, 0.2) is 0 Å². The van der Waals surface area contributed by atoms with Crippen molar-refractivity contribution in [3.8, 4) is 0 Å². The maximum absolute atomic E-state index is 12.5. The molecule has 0 aromatic rings. The smallest absolute Gasteiger partial charge is 0.148 e. The summed E-state index contributed by atoms with van der Waals surface area (Å²) in [6.45, 7) is 0. The van der Waals surface area contributed by atoms with Gasteiger partial charge in [-0.2, -0.15) is 0 Å². The van der Waals surface area contributed by atoms with Gasteiger partial charge in [-0.05, 0) is 6.08 Å². The molecule has 1 heterocycles. The predicted octanol–water partition coefficient (Wildman–Crippen LogP) is 0.633. The van der Waals surface area contributed by atoms with Crippen molar-refractivity contribution in [3.63, 3.8) is 0 Å². The molecule has 1 aliphatic rings. The lowest BCUT2D eigenvalue weighted by molar-refractivity contribution is 0.111. The molecule has 1 rings (SSSR count). The van der Waals surface area contributed by atoms with Crippen LogP contribution in [0.25, 0.3) is 0 Å². The summed E-state index contributed by atoms with van der Waals surface area (Å²) in [6.07, 6.45) is 1.54. The molecule has 2 atom stereocenters. The van der Waals surface area contributed by atoms with Gasteiger partial charge < -0.3 is 4.74 Å². The Bertz CT molecular complexity index is 139. The van der Waals surface area contributed by atoms with Gasteiger partial charge in [-0.25, -0.2) is 4.39 Å². The van der Waals surface area contributed by atoms with Crippen molar-refractivity contribution in [2.75, 3.05) is 4.43 Å². The summed E-state index contributed by atoms with van der Waals surface area (Å²) in [5.74, 6) is -0.128. The minimum Gasteiger partial charge on any atom is -0.372 e. The lowest BCUT2D eigenvalue weighted by Crippen LogP contribution is -2.13. The quantitative estimate of drug-likeness (QED) is 0.371. The van der Waals surface area contributed by atoms with Crippen molar-refractivity contribution in [2.45, 2.75) is 12.1 Å². The van der Waals surface area contributed by atoms with Crippen molar-refractivity contribution in [1.82, 2.24) is 0 Å². The Labute approximate surface area is 68.2 Å². The first-order valence-corrected chi connectivity index (χ1v) is 4.35. The van der Waals surface area contributed by atoms with Crippen LogP contribution in [0.5, 0.6) is 0 Å². The van der Waals surface area contributed by atoms with Crippen molar-refractivity contribution >= 4 is 30.4 Å². The van der Waals surface area contributed by atoms with E-state index in [2.05, 4.69) is 22.6 Å². The molecule has 1 nitrogen and oxygen atoms in total. The van der Waals surface area contributed by atoms with Gasteiger partial charge in [-0.3, -0.25) is 0 Å². The second kappa shape index (κ2) is 3.01. The number of hydrogen-bond donors (Lipinski definition) is 0. The molecule has 0 aliphatic carbocycles. The maximum Gasteiger partial charge on any atom is 0.148 e. The lowest BCUT2D eigenvalue weighted by Gasteiger charge is -2.05. The van der Waals surface area contributed by atoms with Crippen LogP contribution in [0.1, 0.15) is 0 Å². The molecule has 0 amide bonds. The number of halogens is 2. The third kappa shape index (κ3) is 1.67. The highest BCUT2D eigenvalue weighted by molar-refractivity contribution is 14.1. The zero-order valence-corrected chi connectivity index (χ0v) is 7.26. The minimum absolute atomic E-state index is 0.000556. The zero-order chi connectivity index (χ0) is 6.85. The molecule has 0 bridgehead atoms.